The Bertz CT molecular complexity index is 629. The lowest BCUT2D eigenvalue weighted by molar-refractivity contribution is -0.132. The Morgan fingerprint density at radius 3 is 2.62 bits per heavy atom. The van der Waals surface area contributed by atoms with E-state index >= 15 is 0 Å². The lowest BCUT2D eigenvalue weighted by Crippen LogP contribution is -2.33. The van der Waals surface area contributed by atoms with E-state index in [4.69, 9.17) is 10.5 Å². The number of benzene rings is 2. The van der Waals surface area contributed by atoms with Gasteiger partial charge in [0.2, 0.25) is 5.91 Å². The zero-order valence-electron chi connectivity index (χ0n) is 14.3. The van der Waals surface area contributed by atoms with Crippen molar-refractivity contribution in [1.82, 2.24) is 4.90 Å². The van der Waals surface area contributed by atoms with Crippen molar-refractivity contribution in [3.63, 3.8) is 0 Å². The maximum atomic E-state index is 12.5. The molecule has 4 heteroatoms. The molecule has 0 saturated carbocycles. The molecule has 0 bridgehead atoms. The minimum absolute atomic E-state index is 0.0972. The maximum absolute atomic E-state index is 12.5. The molecule has 0 fully saturated rings. The van der Waals surface area contributed by atoms with Crippen molar-refractivity contribution in [2.45, 2.75) is 26.3 Å². The first kappa shape index (κ1) is 18.0. The molecule has 0 unspecified atom stereocenters. The van der Waals surface area contributed by atoms with E-state index < -0.39 is 0 Å². The Hall–Kier alpha value is -2.33. The first-order chi connectivity index (χ1) is 11.7. The molecule has 0 atom stereocenters. The van der Waals surface area contributed by atoms with Crippen molar-refractivity contribution < 1.29 is 9.53 Å². The van der Waals surface area contributed by atoms with Crippen LogP contribution >= 0.6 is 0 Å². The number of nitrogens with two attached hydrogens (primary N) is 1. The summed E-state index contributed by atoms with van der Waals surface area (Å²) in [5.74, 6) is 0.902. The quantitative estimate of drug-likeness (QED) is 0.770. The Morgan fingerprint density at radius 1 is 1.12 bits per heavy atom. The molecule has 2 rings (SSSR count). The van der Waals surface area contributed by atoms with Gasteiger partial charge in [0.25, 0.3) is 0 Å². The molecule has 0 aromatic heterocycles. The predicted octanol–water partition coefficient (Wildman–Crippen LogP) is 3.14. The van der Waals surface area contributed by atoms with Crippen LogP contribution < -0.4 is 10.5 Å². The summed E-state index contributed by atoms with van der Waals surface area (Å²) in [6, 6.07) is 17.9. The summed E-state index contributed by atoms with van der Waals surface area (Å²) in [5, 5.41) is 0. The summed E-state index contributed by atoms with van der Waals surface area (Å²) in [6.45, 7) is 4.28. The van der Waals surface area contributed by atoms with E-state index in [2.05, 4.69) is 0 Å². The molecule has 0 spiro atoms. The smallest absolute Gasteiger partial charge is 0.226 e. The summed E-state index contributed by atoms with van der Waals surface area (Å²) < 4.78 is 5.69. The van der Waals surface area contributed by atoms with Gasteiger partial charge < -0.3 is 15.4 Å². The van der Waals surface area contributed by atoms with Crippen LogP contribution in [0.15, 0.2) is 54.6 Å². The second-order valence-corrected chi connectivity index (χ2v) is 5.86. The fourth-order valence-corrected chi connectivity index (χ4v) is 2.50. The summed E-state index contributed by atoms with van der Waals surface area (Å²) in [7, 11) is 0. The highest BCUT2D eigenvalue weighted by molar-refractivity contribution is 5.76. The van der Waals surface area contributed by atoms with Crippen LogP contribution in [-0.2, 0) is 11.3 Å². The van der Waals surface area contributed by atoms with Crippen LogP contribution in [0.2, 0.25) is 0 Å². The summed E-state index contributed by atoms with van der Waals surface area (Å²) in [5.41, 5.74) is 7.87. The largest absolute Gasteiger partial charge is 0.493 e. The van der Waals surface area contributed by atoms with E-state index in [1.807, 2.05) is 66.4 Å². The molecule has 0 aliphatic carbocycles. The second-order valence-electron chi connectivity index (χ2n) is 5.86. The SMILES string of the molecule is Cc1cccc(OCCC(=O)N(CCCN)Cc2ccccc2)c1. The highest BCUT2D eigenvalue weighted by atomic mass is 16.5. The zero-order valence-corrected chi connectivity index (χ0v) is 14.3. The number of aryl methyl sites for hydroxylation is 1. The van der Waals surface area contributed by atoms with Gasteiger partial charge in [-0.15, -0.1) is 0 Å². The van der Waals surface area contributed by atoms with Gasteiger partial charge in [-0.2, -0.15) is 0 Å². The lowest BCUT2D eigenvalue weighted by atomic mass is 10.2. The highest BCUT2D eigenvalue weighted by Crippen LogP contribution is 2.13. The van der Waals surface area contributed by atoms with Crippen molar-refractivity contribution in [3.05, 3.63) is 65.7 Å². The molecule has 0 radical (unpaired) electrons. The number of hydrogen-bond acceptors (Lipinski definition) is 3. The Kier molecular flexibility index (Phi) is 7.30. The minimum atomic E-state index is 0.0972. The molecule has 1 amide bonds. The van der Waals surface area contributed by atoms with Gasteiger partial charge >= 0.3 is 0 Å². The van der Waals surface area contributed by atoms with Crippen LogP contribution in [0.25, 0.3) is 0 Å². The van der Waals surface area contributed by atoms with E-state index in [0.29, 0.717) is 32.7 Å². The van der Waals surface area contributed by atoms with Crippen molar-refractivity contribution in [2.75, 3.05) is 19.7 Å². The summed E-state index contributed by atoms with van der Waals surface area (Å²) in [4.78, 5) is 14.4. The second kappa shape index (κ2) is 9.73. The van der Waals surface area contributed by atoms with Crippen LogP contribution in [-0.4, -0.2) is 30.5 Å². The number of carbonyl (C=O) groups is 1. The maximum Gasteiger partial charge on any atom is 0.226 e. The molecule has 4 nitrogen and oxygen atoms in total. The van der Waals surface area contributed by atoms with Crippen molar-refractivity contribution in [3.8, 4) is 5.75 Å². The van der Waals surface area contributed by atoms with Crippen molar-refractivity contribution in [2.24, 2.45) is 5.73 Å². The third kappa shape index (κ3) is 6.05. The van der Waals surface area contributed by atoms with Crippen LogP contribution in [0.5, 0.6) is 5.75 Å². The highest BCUT2D eigenvalue weighted by Gasteiger charge is 2.13. The van der Waals surface area contributed by atoms with Crippen molar-refractivity contribution >= 4 is 5.91 Å². The van der Waals surface area contributed by atoms with E-state index in [0.717, 1.165) is 23.3 Å². The Labute approximate surface area is 144 Å². The molecule has 2 aromatic rings. The molecule has 0 heterocycles. The Morgan fingerprint density at radius 2 is 1.92 bits per heavy atom. The first-order valence-electron chi connectivity index (χ1n) is 8.40. The molecule has 2 N–H and O–H groups in total. The number of rotatable bonds is 9. The molecular formula is C20H26N2O2. The van der Waals surface area contributed by atoms with Gasteiger partial charge in [0.05, 0.1) is 13.0 Å². The molecule has 128 valence electrons. The van der Waals surface area contributed by atoms with E-state index in [1.54, 1.807) is 0 Å². The van der Waals surface area contributed by atoms with Gasteiger partial charge in [0.1, 0.15) is 5.75 Å². The number of amides is 1. The molecule has 24 heavy (non-hydrogen) atoms. The molecule has 0 saturated heterocycles. The minimum Gasteiger partial charge on any atom is -0.493 e. The van der Waals surface area contributed by atoms with Crippen LogP contribution in [0.4, 0.5) is 0 Å². The van der Waals surface area contributed by atoms with Gasteiger partial charge in [-0.3, -0.25) is 4.79 Å². The van der Waals surface area contributed by atoms with Crippen LogP contribution in [0.3, 0.4) is 0 Å². The predicted molar refractivity (Wildman–Crippen MR) is 96.8 cm³/mol. The zero-order chi connectivity index (χ0) is 17.2. The fourth-order valence-electron chi connectivity index (χ4n) is 2.50. The van der Waals surface area contributed by atoms with Gasteiger partial charge in [0.15, 0.2) is 0 Å². The molecule has 0 aliphatic rings. The summed E-state index contributed by atoms with van der Waals surface area (Å²) in [6.07, 6.45) is 1.17. The average Bonchev–Trinajstić information content (AvgIpc) is 2.59. The fraction of sp³-hybridized carbons (Fsp3) is 0.350. The third-order valence-electron chi connectivity index (χ3n) is 3.78. The van der Waals surface area contributed by atoms with Gasteiger partial charge in [-0.25, -0.2) is 0 Å². The lowest BCUT2D eigenvalue weighted by Gasteiger charge is -2.23. The van der Waals surface area contributed by atoms with Crippen molar-refractivity contribution in [1.29, 1.82) is 0 Å². The number of hydrogen-bond donors (Lipinski definition) is 1. The average molecular weight is 326 g/mol. The standard InChI is InChI=1S/C20H26N2O2/c1-17-7-5-10-19(15-17)24-14-11-20(23)22(13-6-12-21)16-18-8-3-2-4-9-18/h2-5,7-10,15H,6,11-14,16,21H2,1H3. The number of ether oxygens (including phenoxy) is 1. The van der Waals surface area contributed by atoms with Gasteiger partial charge in [-0.05, 0) is 43.1 Å². The first-order valence-corrected chi connectivity index (χ1v) is 8.40. The Balaban J connectivity index is 1.87. The normalized spacial score (nSPS) is 10.4. The van der Waals surface area contributed by atoms with Crippen LogP contribution in [0, 0.1) is 6.92 Å². The van der Waals surface area contributed by atoms with Gasteiger partial charge in [0, 0.05) is 13.1 Å². The van der Waals surface area contributed by atoms with E-state index in [1.165, 1.54) is 0 Å². The topological polar surface area (TPSA) is 55.6 Å². The van der Waals surface area contributed by atoms with Gasteiger partial charge in [-0.1, -0.05) is 42.5 Å². The molecule has 2 aromatic carbocycles. The van der Waals surface area contributed by atoms with E-state index in [9.17, 15) is 4.79 Å². The monoisotopic (exact) mass is 326 g/mol. The number of carbonyl (C=O) groups excluding carboxylic acids is 1. The number of nitrogens with zero attached hydrogens (tertiary/aromatic N) is 1. The van der Waals surface area contributed by atoms with Crippen LogP contribution in [0.1, 0.15) is 24.0 Å². The van der Waals surface area contributed by atoms with E-state index in [-0.39, 0.29) is 5.91 Å². The summed E-state index contributed by atoms with van der Waals surface area (Å²) >= 11 is 0. The molecular weight excluding hydrogens is 300 g/mol. The third-order valence-corrected chi connectivity index (χ3v) is 3.78. The molecule has 0 aliphatic heterocycles.